The van der Waals surface area contributed by atoms with Crippen LogP contribution in [0.25, 0.3) is 11.4 Å². The van der Waals surface area contributed by atoms with Gasteiger partial charge in [0.1, 0.15) is 5.75 Å². The molecule has 1 atom stereocenters. The van der Waals surface area contributed by atoms with Crippen LogP contribution < -0.4 is 15.0 Å². The number of hydrogen-bond acceptors (Lipinski definition) is 7. The number of carbonyl (C=O) groups is 2. The molecule has 2 aromatic carbocycles. The fourth-order valence-electron chi connectivity index (χ4n) is 4.05. The molecular formula is C26H23N5O4. The SMILES string of the molecule is COc1cccc(N2CC(C(=O)Nc3ccccc3Cc3nc(-c4ccncc4)no3)CC2=O)c1. The molecule has 0 spiro atoms. The Morgan fingerprint density at radius 1 is 1.14 bits per heavy atom. The maximum absolute atomic E-state index is 13.1. The van der Waals surface area contributed by atoms with Gasteiger partial charge in [0.15, 0.2) is 0 Å². The van der Waals surface area contributed by atoms with Crippen LogP contribution in [-0.4, -0.2) is 40.6 Å². The summed E-state index contributed by atoms with van der Waals surface area (Å²) in [5, 5.41) is 7.03. The predicted molar refractivity (Wildman–Crippen MR) is 129 cm³/mol. The number of nitrogens with one attached hydrogen (secondary N) is 1. The smallest absolute Gasteiger partial charge is 0.231 e. The Kier molecular flexibility index (Phi) is 6.21. The average molecular weight is 470 g/mol. The van der Waals surface area contributed by atoms with Gasteiger partial charge in [-0.25, -0.2) is 0 Å². The van der Waals surface area contributed by atoms with Gasteiger partial charge in [0, 0.05) is 48.4 Å². The van der Waals surface area contributed by atoms with E-state index in [9.17, 15) is 9.59 Å². The number of hydrogen-bond donors (Lipinski definition) is 1. The highest BCUT2D eigenvalue weighted by molar-refractivity contribution is 6.03. The van der Waals surface area contributed by atoms with Crippen LogP contribution in [0.4, 0.5) is 11.4 Å². The molecule has 2 amide bonds. The van der Waals surface area contributed by atoms with E-state index < -0.39 is 5.92 Å². The molecule has 1 aliphatic rings. The number of pyridine rings is 1. The summed E-state index contributed by atoms with van der Waals surface area (Å²) in [6.45, 7) is 0.305. The van der Waals surface area contributed by atoms with Crippen molar-refractivity contribution >= 4 is 23.2 Å². The largest absolute Gasteiger partial charge is 0.497 e. The Bertz CT molecular complexity index is 1350. The summed E-state index contributed by atoms with van der Waals surface area (Å²) in [5.41, 5.74) is 3.00. The third kappa shape index (κ3) is 4.89. The van der Waals surface area contributed by atoms with E-state index in [-0.39, 0.29) is 18.2 Å². The van der Waals surface area contributed by atoms with Gasteiger partial charge < -0.3 is 19.5 Å². The van der Waals surface area contributed by atoms with Crippen molar-refractivity contribution in [2.24, 2.45) is 5.92 Å². The molecule has 1 unspecified atom stereocenters. The van der Waals surface area contributed by atoms with E-state index in [1.54, 1.807) is 42.6 Å². The maximum atomic E-state index is 13.1. The lowest BCUT2D eigenvalue weighted by molar-refractivity contribution is -0.122. The zero-order chi connectivity index (χ0) is 24.2. The van der Waals surface area contributed by atoms with Crippen molar-refractivity contribution in [2.75, 3.05) is 23.9 Å². The van der Waals surface area contributed by atoms with E-state index in [4.69, 9.17) is 9.26 Å². The van der Waals surface area contributed by atoms with Crippen molar-refractivity contribution in [3.05, 3.63) is 84.5 Å². The predicted octanol–water partition coefficient (Wildman–Crippen LogP) is 3.72. The van der Waals surface area contributed by atoms with Gasteiger partial charge in [-0.3, -0.25) is 14.6 Å². The number of carbonyl (C=O) groups excluding carboxylic acids is 2. The van der Waals surface area contributed by atoms with Gasteiger partial charge in [-0.2, -0.15) is 4.98 Å². The Morgan fingerprint density at radius 2 is 1.97 bits per heavy atom. The van der Waals surface area contributed by atoms with Crippen LogP contribution in [0.15, 0.2) is 77.6 Å². The molecule has 1 N–H and O–H groups in total. The molecule has 176 valence electrons. The second kappa shape index (κ2) is 9.76. The van der Waals surface area contributed by atoms with Crippen molar-refractivity contribution in [3.8, 4) is 17.1 Å². The van der Waals surface area contributed by atoms with Crippen LogP contribution in [0.5, 0.6) is 5.75 Å². The number of benzene rings is 2. The summed E-state index contributed by atoms with van der Waals surface area (Å²) in [5.74, 6) is 0.791. The zero-order valence-corrected chi connectivity index (χ0v) is 19.0. The molecule has 9 heteroatoms. The van der Waals surface area contributed by atoms with Crippen LogP contribution in [0.1, 0.15) is 17.9 Å². The Hall–Kier alpha value is -4.53. The molecule has 0 radical (unpaired) electrons. The molecule has 1 fully saturated rings. The lowest BCUT2D eigenvalue weighted by Crippen LogP contribution is -2.28. The summed E-state index contributed by atoms with van der Waals surface area (Å²) in [4.78, 5) is 35.8. The number of para-hydroxylation sites is 1. The number of methoxy groups -OCH3 is 1. The molecular weight excluding hydrogens is 446 g/mol. The van der Waals surface area contributed by atoms with Gasteiger partial charge in [0.2, 0.25) is 23.5 Å². The Morgan fingerprint density at radius 3 is 2.80 bits per heavy atom. The van der Waals surface area contributed by atoms with Crippen LogP contribution in [-0.2, 0) is 16.0 Å². The van der Waals surface area contributed by atoms with Crippen LogP contribution in [0.2, 0.25) is 0 Å². The fourth-order valence-corrected chi connectivity index (χ4v) is 4.05. The molecule has 1 aliphatic heterocycles. The average Bonchev–Trinajstić information content (AvgIpc) is 3.52. The summed E-state index contributed by atoms with van der Waals surface area (Å²) in [6, 6.07) is 18.3. The third-order valence-corrected chi connectivity index (χ3v) is 5.88. The second-order valence-corrected chi connectivity index (χ2v) is 8.18. The highest BCUT2D eigenvalue weighted by Gasteiger charge is 2.35. The number of nitrogens with zero attached hydrogens (tertiary/aromatic N) is 4. The van der Waals surface area contributed by atoms with E-state index in [1.165, 1.54) is 0 Å². The van der Waals surface area contributed by atoms with E-state index in [0.29, 0.717) is 41.8 Å². The van der Waals surface area contributed by atoms with Crippen LogP contribution >= 0.6 is 0 Å². The van der Waals surface area contributed by atoms with Crippen LogP contribution in [0.3, 0.4) is 0 Å². The van der Waals surface area contributed by atoms with Crippen molar-refractivity contribution in [1.29, 1.82) is 0 Å². The third-order valence-electron chi connectivity index (χ3n) is 5.88. The topological polar surface area (TPSA) is 110 Å². The quantitative estimate of drug-likeness (QED) is 0.439. The van der Waals surface area contributed by atoms with Crippen LogP contribution in [0, 0.1) is 5.92 Å². The van der Waals surface area contributed by atoms with Gasteiger partial charge in [-0.1, -0.05) is 29.4 Å². The van der Waals surface area contributed by atoms with Crippen molar-refractivity contribution in [3.63, 3.8) is 0 Å². The molecule has 35 heavy (non-hydrogen) atoms. The molecule has 4 aromatic rings. The minimum atomic E-state index is -0.469. The summed E-state index contributed by atoms with van der Waals surface area (Å²) < 4.78 is 10.7. The minimum Gasteiger partial charge on any atom is -0.497 e. The van der Waals surface area contributed by atoms with Gasteiger partial charge in [0.05, 0.1) is 19.4 Å². The number of anilines is 2. The van der Waals surface area contributed by atoms with E-state index in [2.05, 4.69) is 20.4 Å². The van der Waals surface area contributed by atoms with Crippen molar-refractivity contribution < 1.29 is 18.8 Å². The summed E-state index contributed by atoms with van der Waals surface area (Å²) in [6.07, 6.45) is 3.83. The van der Waals surface area contributed by atoms with Gasteiger partial charge in [0.25, 0.3) is 0 Å². The number of aromatic nitrogens is 3. The highest BCUT2D eigenvalue weighted by atomic mass is 16.5. The zero-order valence-electron chi connectivity index (χ0n) is 19.0. The first kappa shape index (κ1) is 22.3. The van der Waals surface area contributed by atoms with E-state index in [1.807, 2.05) is 42.5 Å². The summed E-state index contributed by atoms with van der Waals surface area (Å²) >= 11 is 0. The van der Waals surface area contributed by atoms with E-state index >= 15 is 0 Å². The standard InChI is InChI=1S/C26H23N5O4/c1-34-21-7-4-6-20(15-21)31-16-19(14-24(31)32)26(33)28-22-8-3-2-5-18(22)13-23-29-25(30-35-23)17-9-11-27-12-10-17/h2-12,15,19H,13-14,16H2,1H3,(H,28,33). The molecule has 0 aliphatic carbocycles. The molecule has 1 saturated heterocycles. The minimum absolute atomic E-state index is 0.0961. The lowest BCUT2D eigenvalue weighted by Gasteiger charge is -2.18. The maximum Gasteiger partial charge on any atom is 0.231 e. The van der Waals surface area contributed by atoms with Crippen molar-refractivity contribution in [1.82, 2.24) is 15.1 Å². The highest BCUT2D eigenvalue weighted by Crippen LogP contribution is 2.29. The fraction of sp³-hybridized carbons (Fsp3) is 0.192. The first-order chi connectivity index (χ1) is 17.1. The Balaban J connectivity index is 1.28. The second-order valence-electron chi connectivity index (χ2n) is 8.18. The molecule has 9 nitrogen and oxygen atoms in total. The van der Waals surface area contributed by atoms with Crippen molar-refractivity contribution in [2.45, 2.75) is 12.8 Å². The molecule has 3 heterocycles. The summed E-state index contributed by atoms with van der Waals surface area (Å²) in [7, 11) is 1.58. The van der Waals surface area contributed by atoms with Gasteiger partial charge >= 0.3 is 0 Å². The van der Waals surface area contributed by atoms with Gasteiger partial charge in [-0.15, -0.1) is 0 Å². The number of ether oxygens (including phenoxy) is 1. The first-order valence-corrected chi connectivity index (χ1v) is 11.2. The molecule has 5 rings (SSSR count). The molecule has 0 bridgehead atoms. The normalized spacial score (nSPS) is 15.3. The monoisotopic (exact) mass is 469 g/mol. The number of amides is 2. The first-order valence-electron chi connectivity index (χ1n) is 11.2. The molecule has 0 saturated carbocycles. The molecule has 2 aromatic heterocycles. The Labute approximate surface area is 201 Å². The lowest BCUT2D eigenvalue weighted by atomic mass is 10.1. The van der Waals surface area contributed by atoms with Gasteiger partial charge in [-0.05, 0) is 35.9 Å². The number of rotatable bonds is 7. The van der Waals surface area contributed by atoms with E-state index in [0.717, 1.165) is 11.1 Å².